The fraction of sp³-hybridized carbons (Fsp3) is 0.250. The number of hydrogen-bond donors (Lipinski definition) is 0. The van der Waals surface area contributed by atoms with Crippen LogP contribution >= 0.6 is 0 Å². The monoisotopic (exact) mass is 270 g/mol. The first-order valence-electron chi connectivity index (χ1n) is 6.69. The fourth-order valence-electron chi connectivity index (χ4n) is 2.20. The second-order valence-corrected chi connectivity index (χ2v) is 5.03. The van der Waals surface area contributed by atoms with Gasteiger partial charge >= 0.3 is 0 Å². The molecule has 0 atom stereocenters. The van der Waals surface area contributed by atoms with Crippen LogP contribution in [0.15, 0.2) is 48.8 Å². The van der Waals surface area contributed by atoms with Crippen molar-refractivity contribution in [2.45, 2.75) is 25.4 Å². The molecule has 0 N–H and O–H groups in total. The second kappa shape index (κ2) is 5.41. The minimum Gasteiger partial charge on any atom is -0.331 e. The van der Waals surface area contributed by atoms with Gasteiger partial charge in [0.1, 0.15) is 5.82 Å². The van der Waals surface area contributed by atoms with Gasteiger partial charge in [-0.15, -0.1) is 0 Å². The van der Waals surface area contributed by atoms with Crippen molar-refractivity contribution in [2.75, 3.05) is 0 Å². The van der Waals surface area contributed by atoms with E-state index in [1.54, 1.807) is 12.4 Å². The van der Waals surface area contributed by atoms with E-state index in [2.05, 4.69) is 4.98 Å². The van der Waals surface area contributed by atoms with Gasteiger partial charge in [-0.1, -0.05) is 6.07 Å². The van der Waals surface area contributed by atoms with Crippen molar-refractivity contribution in [3.63, 3.8) is 0 Å². The molecule has 0 spiro atoms. The number of halogens is 1. The largest absolute Gasteiger partial charge is 0.331 e. The number of rotatable bonds is 4. The highest BCUT2D eigenvalue weighted by atomic mass is 19.1. The third-order valence-electron chi connectivity index (χ3n) is 3.42. The average Bonchev–Trinajstić information content (AvgIpc) is 3.30. The van der Waals surface area contributed by atoms with E-state index in [1.165, 1.54) is 24.3 Å². The number of amides is 1. The summed E-state index contributed by atoms with van der Waals surface area (Å²) in [5.41, 5.74) is 1.54. The summed E-state index contributed by atoms with van der Waals surface area (Å²) in [6.07, 6.45) is 5.56. The first kappa shape index (κ1) is 12.8. The number of carbonyl (C=O) groups is 1. The normalized spacial score (nSPS) is 14.1. The molecule has 1 aromatic carbocycles. The van der Waals surface area contributed by atoms with Gasteiger partial charge in [0.05, 0.1) is 0 Å². The number of hydrogen-bond acceptors (Lipinski definition) is 2. The summed E-state index contributed by atoms with van der Waals surface area (Å²) < 4.78 is 12.9. The Bertz CT molecular complexity index is 594. The maximum Gasteiger partial charge on any atom is 0.254 e. The summed E-state index contributed by atoms with van der Waals surface area (Å²) in [7, 11) is 0. The summed E-state index contributed by atoms with van der Waals surface area (Å²) in [6, 6.07) is 9.84. The number of pyridine rings is 1. The van der Waals surface area contributed by atoms with E-state index in [0.717, 1.165) is 18.4 Å². The van der Waals surface area contributed by atoms with Crippen LogP contribution in [0.25, 0.3) is 0 Å². The Hall–Kier alpha value is -2.23. The molecule has 0 radical (unpaired) electrons. The van der Waals surface area contributed by atoms with E-state index < -0.39 is 0 Å². The highest BCUT2D eigenvalue weighted by molar-refractivity contribution is 5.94. The number of benzene rings is 1. The highest BCUT2D eigenvalue weighted by Gasteiger charge is 2.33. The zero-order valence-corrected chi connectivity index (χ0v) is 11.0. The lowest BCUT2D eigenvalue weighted by molar-refractivity contribution is 0.0729. The van der Waals surface area contributed by atoms with Gasteiger partial charge in [-0.25, -0.2) is 4.39 Å². The Balaban J connectivity index is 1.80. The molecule has 20 heavy (non-hydrogen) atoms. The van der Waals surface area contributed by atoms with Crippen molar-refractivity contribution >= 4 is 5.91 Å². The van der Waals surface area contributed by atoms with Crippen LogP contribution < -0.4 is 0 Å². The molecule has 1 amide bonds. The Morgan fingerprint density at radius 3 is 2.60 bits per heavy atom. The van der Waals surface area contributed by atoms with Crippen molar-refractivity contribution in [2.24, 2.45) is 0 Å². The summed E-state index contributed by atoms with van der Waals surface area (Å²) in [5.74, 6) is -0.372. The topological polar surface area (TPSA) is 33.2 Å². The maximum atomic E-state index is 12.9. The molecule has 3 rings (SSSR count). The van der Waals surface area contributed by atoms with Crippen LogP contribution in [0.4, 0.5) is 4.39 Å². The predicted molar refractivity (Wildman–Crippen MR) is 73.5 cm³/mol. The van der Waals surface area contributed by atoms with Crippen LogP contribution in [0.3, 0.4) is 0 Å². The third-order valence-corrected chi connectivity index (χ3v) is 3.42. The molecule has 102 valence electrons. The highest BCUT2D eigenvalue weighted by Crippen LogP contribution is 2.29. The fourth-order valence-corrected chi connectivity index (χ4v) is 2.20. The van der Waals surface area contributed by atoms with E-state index >= 15 is 0 Å². The van der Waals surface area contributed by atoms with Crippen LogP contribution in [0.2, 0.25) is 0 Å². The Morgan fingerprint density at radius 1 is 1.25 bits per heavy atom. The lowest BCUT2D eigenvalue weighted by Gasteiger charge is -2.22. The van der Waals surface area contributed by atoms with Crippen molar-refractivity contribution in [3.05, 3.63) is 65.7 Å². The molecular formula is C16H15FN2O. The zero-order valence-electron chi connectivity index (χ0n) is 11.0. The Morgan fingerprint density at radius 2 is 2.00 bits per heavy atom. The van der Waals surface area contributed by atoms with Crippen molar-refractivity contribution in [1.82, 2.24) is 9.88 Å². The predicted octanol–water partition coefficient (Wildman–Crippen LogP) is 3.03. The van der Waals surface area contributed by atoms with Gasteiger partial charge in [-0.3, -0.25) is 9.78 Å². The van der Waals surface area contributed by atoms with Crippen LogP contribution in [-0.4, -0.2) is 21.8 Å². The number of carbonyl (C=O) groups excluding carboxylic acids is 1. The van der Waals surface area contributed by atoms with E-state index in [1.807, 2.05) is 17.0 Å². The van der Waals surface area contributed by atoms with Gasteiger partial charge in [0.25, 0.3) is 5.91 Å². The molecular weight excluding hydrogens is 255 g/mol. The molecule has 1 saturated carbocycles. The molecule has 0 bridgehead atoms. The summed E-state index contributed by atoms with van der Waals surface area (Å²) in [4.78, 5) is 18.5. The summed E-state index contributed by atoms with van der Waals surface area (Å²) in [6.45, 7) is 0.550. The average molecular weight is 270 g/mol. The van der Waals surface area contributed by atoms with Gasteiger partial charge in [0.15, 0.2) is 0 Å². The number of nitrogens with zero attached hydrogens (tertiary/aromatic N) is 2. The van der Waals surface area contributed by atoms with Gasteiger partial charge in [-0.05, 0) is 48.7 Å². The first-order valence-corrected chi connectivity index (χ1v) is 6.69. The molecule has 1 heterocycles. The van der Waals surface area contributed by atoms with Crippen LogP contribution in [-0.2, 0) is 6.54 Å². The second-order valence-electron chi connectivity index (χ2n) is 5.03. The summed E-state index contributed by atoms with van der Waals surface area (Å²) in [5, 5.41) is 0. The quantitative estimate of drug-likeness (QED) is 0.855. The minimum absolute atomic E-state index is 0.0450. The van der Waals surface area contributed by atoms with Crippen molar-refractivity contribution < 1.29 is 9.18 Å². The van der Waals surface area contributed by atoms with Gasteiger partial charge in [-0.2, -0.15) is 0 Å². The lowest BCUT2D eigenvalue weighted by Crippen LogP contribution is -2.32. The molecule has 0 unspecified atom stereocenters. The Kier molecular flexibility index (Phi) is 3.46. The summed E-state index contributed by atoms with van der Waals surface area (Å²) >= 11 is 0. The molecule has 4 heteroatoms. The van der Waals surface area contributed by atoms with E-state index in [4.69, 9.17) is 0 Å². The standard InChI is InChI=1S/C16H15FN2O/c17-14-5-3-13(4-6-14)16(20)19(15-7-8-15)11-12-2-1-9-18-10-12/h1-6,9-10,15H,7-8,11H2. The van der Waals surface area contributed by atoms with Crippen LogP contribution in [0.5, 0.6) is 0 Å². The molecule has 0 saturated heterocycles. The van der Waals surface area contributed by atoms with Crippen molar-refractivity contribution in [3.8, 4) is 0 Å². The van der Waals surface area contributed by atoms with Crippen molar-refractivity contribution in [1.29, 1.82) is 0 Å². The van der Waals surface area contributed by atoms with E-state index in [-0.39, 0.29) is 11.7 Å². The minimum atomic E-state index is -0.327. The van der Waals surface area contributed by atoms with E-state index in [0.29, 0.717) is 18.2 Å². The molecule has 1 aliphatic carbocycles. The third kappa shape index (κ3) is 2.85. The maximum absolute atomic E-state index is 12.9. The smallest absolute Gasteiger partial charge is 0.254 e. The molecule has 3 nitrogen and oxygen atoms in total. The molecule has 2 aromatic rings. The van der Waals surface area contributed by atoms with Crippen LogP contribution in [0, 0.1) is 5.82 Å². The molecule has 1 aromatic heterocycles. The van der Waals surface area contributed by atoms with Gasteiger partial charge in [0.2, 0.25) is 0 Å². The molecule has 1 fully saturated rings. The van der Waals surface area contributed by atoms with Gasteiger partial charge < -0.3 is 4.90 Å². The first-order chi connectivity index (χ1) is 9.74. The lowest BCUT2D eigenvalue weighted by atomic mass is 10.1. The number of aromatic nitrogens is 1. The zero-order chi connectivity index (χ0) is 13.9. The molecule has 1 aliphatic rings. The SMILES string of the molecule is O=C(c1ccc(F)cc1)N(Cc1cccnc1)C1CC1. The van der Waals surface area contributed by atoms with Crippen LogP contribution in [0.1, 0.15) is 28.8 Å². The van der Waals surface area contributed by atoms with Gasteiger partial charge in [0, 0.05) is 30.5 Å². The Labute approximate surface area is 117 Å². The van der Waals surface area contributed by atoms with E-state index in [9.17, 15) is 9.18 Å². The molecule has 0 aliphatic heterocycles.